The summed E-state index contributed by atoms with van der Waals surface area (Å²) in [5.74, 6) is 0.0310. The second-order valence-corrected chi connectivity index (χ2v) is 6.77. The first-order valence-electron chi connectivity index (χ1n) is 8.50. The largest absolute Gasteiger partial charge is 0.419 e. The summed E-state index contributed by atoms with van der Waals surface area (Å²) in [5.41, 5.74) is 0.998. The van der Waals surface area contributed by atoms with E-state index < -0.39 is 0 Å². The monoisotopic (exact) mass is 422 g/mol. The summed E-state index contributed by atoms with van der Waals surface area (Å²) in [6, 6.07) is 10.8. The molecule has 1 heterocycles. The van der Waals surface area contributed by atoms with E-state index in [0.717, 1.165) is 0 Å². The number of halogens is 3. The topological polar surface area (TPSA) is 71.3 Å². The normalized spacial score (nSPS) is 11.0. The predicted octanol–water partition coefficient (Wildman–Crippen LogP) is 4.64. The van der Waals surface area contributed by atoms with Crippen molar-refractivity contribution in [2.24, 2.45) is 0 Å². The van der Waals surface area contributed by atoms with Gasteiger partial charge in [-0.05, 0) is 42.9 Å². The van der Waals surface area contributed by atoms with Crippen LogP contribution in [0.3, 0.4) is 0 Å². The molecular formula is C19H17Cl2FN4O2. The number of hydrogen-bond donors (Lipinski definition) is 1. The second-order valence-electron chi connectivity index (χ2n) is 5.96. The molecule has 0 fully saturated rings. The summed E-state index contributed by atoms with van der Waals surface area (Å²) in [5, 5.41) is 11.4. The first-order valence-corrected chi connectivity index (χ1v) is 9.26. The zero-order valence-electron chi connectivity index (χ0n) is 15.0. The van der Waals surface area contributed by atoms with Gasteiger partial charge in [0.25, 0.3) is 0 Å². The van der Waals surface area contributed by atoms with Crippen LogP contribution < -0.4 is 5.32 Å². The molecule has 0 aliphatic carbocycles. The zero-order chi connectivity index (χ0) is 20.1. The summed E-state index contributed by atoms with van der Waals surface area (Å²) in [7, 11) is 0. The molecule has 3 aromatic rings. The van der Waals surface area contributed by atoms with E-state index in [1.54, 1.807) is 30.3 Å². The Morgan fingerprint density at radius 2 is 1.82 bits per heavy atom. The lowest BCUT2D eigenvalue weighted by Gasteiger charge is -2.18. The minimum absolute atomic E-state index is 0.0896. The van der Waals surface area contributed by atoms with Crippen LogP contribution in [0.15, 0.2) is 46.9 Å². The van der Waals surface area contributed by atoms with Crippen molar-refractivity contribution in [1.29, 1.82) is 0 Å². The maximum absolute atomic E-state index is 13.0. The molecule has 0 bridgehead atoms. The van der Waals surface area contributed by atoms with Crippen molar-refractivity contribution in [2.45, 2.75) is 13.5 Å². The Bertz CT molecular complexity index is 943. The van der Waals surface area contributed by atoms with E-state index >= 15 is 0 Å². The van der Waals surface area contributed by atoms with Crippen molar-refractivity contribution in [3.05, 3.63) is 64.2 Å². The quantitative estimate of drug-likeness (QED) is 0.600. The van der Waals surface area contributed by atoms with Gasteiger partial charge >= 0.3 is 0 Å². The van der Waals surface area contributed by atoms with Crippen molar-refractivity contribution in [2.75, 3.05) is 18.4 Å². The number of anilines is 1. The summed E-state index contributed by atoms with van der Waals surface area (Å²) in [4.78, 5) is 14.2. The lowest BCUT2D eigenvalue weighted by Crippen LogP contribution is -2.33. The van der Waals surface area contributed by atoms with E-state index in [4.69, 9.17) is 27.6 Å². The molecule has 0 saturated heterocycles. The third kappa shape index (κ3) is 5.07. The highest BCUT2D eigenvalue weighted by atomic mass is 35.5. The number of carbonyl (C=O) groups excluding carboxylic acids is 1. The molecule has 0 unspecified atom stereocenters. The minimum atomic E-state index is -0.342. The van der Waals surface area contributed by atoms with E-state index in [-0.39, 0.29) is 24.8 Å². The molecule has 9 heteroatoms. The molecule has 1 aromatic heterocycles. The Labute approximate surface area is 171 Å². The molecule has 0 aliphatic heterocycles. The number of para-hydroxylation sites is 1. The standard InChI is InChI=1S/C19H17Cl2FN4O2/c1-2-26(10-16(27)23-18-14(20)4-3-5-15(18)21)11-17-24-25-19(28-17)12-6-8-13(22)9-7-12/h3-9H,2,10-11H2,1H3,(H,23,27). The molecule has 1 amide bonds. The molecule has 0 atom stereocenters. The number of aromatic nitrogens is 2. The lowest BCUT2D eigenvalue weighted by molar-refractivity contribution is -0.117. The van der Waals surface area contributed by atoms with Crippen LogP contribution >= 0.6 is 23.2 Å². The molecule has 3 rings (SSSR count). The number of likely N-dealkylation sites (N-methyl/N-ethyl adjacent to an activating group) is 1. The van der Waals surface area contributed by atoms with E-state index in [2.05, 4.69) is 15.5 Å². The van der Waals surface area contributed by atoms with Gasteiger partial charge in [0.1, 0.15) is 5.82 Å². The molecule has 2 aromatic carbocycles. The maximum atomic E-state index is 13.0. The molecule has 0 spiro atoms. The van der Waals surface area contributed by atoms with Gasteiger partial charge in [-0.15, -0.1) is 10.2 Å². The smallest absolute Gasteiger partial charge is 0.247 e. The summed E-state index contributed by atoms with van der Waals surface area (Å²) < 4.78 is 18.6. The van der Waals surface area contributed by atoms with Gasteiger partial charge in [0.2, 0.25) is 17.7 Å². The number of nitrogens with zero attached hydrogens (tertiary/aromatic N) is 3. The van der Waals surface area contributed by atoms with Crippen molar-refractivity contribution < 1.29 is 13.6 Å². The van der Waals surface area contributed by atoms with E-state index in [0.29, 0.717) is 39.6 Å². The van der Waals surface area contributed by atoms with Crippen LogP contribution in [0.5, 0.6) is 0 Å². The van der Waals surface area contributed by atoms with Crippen molar-refractivity contribution in [1.82, 2.24) is 15.1 Å². The Morgan fingerprint density at radius 1 is 1.14 bits per heavy atom. The van der Waals surface area contributed by atoms with Crippen LogP contribution in [0, 0.1) is 5.82 Å². The fourth-order valence-electron chi connectivity index (χ4n) is 2.50. The number of rotatable bonds is 7. The van der Waals surface area contributed by atoms with Crippen LogP contribution in [0.25, 0.3) is 11.5 Å². The van der Waals surface area contributed by atoms with Crippen molar-refractivity contribution >= 4 is 34.8 Å². The summed E-state index contributed by atoms with van der Waals surface area (Å²) >= 11 is 12.2. The summed E-state index contributed by atoms with van der Waals surface area (Å²) in [6.45, 7) is 2.87. The average molecular weight is 423 g/mol. The third-order valence-electron chi connectivity index (χ3n) is 3.96. The van der Waals surface area contributed by atoms with Crippen LogP contribution in [0.4, 0.5) is 10.1 Å². The van der Waals surface area contributed by atoms with Crippen LogP contribution in [0.1, 0.15) is 12.8 Å². The Hall–Kier alpha value is -2.48. The van der Waals surface area contributed by atoms with Gasteiger partial charge in [-0.3, -0.25) is 9.69 Å². The average Bonchev–Trinajstić information content (AvgIpc) is 3.13. The fraction of sp³-hybridized carbons (Fsp3) is 0.211. The molecular weight excluding hydrogens is 406 g/mol. The van der Waals surface area contributed by atoms with Gasteiger partial charge in [0.15, 0.2) is 0 Å². The summed E-state index contributed by atoms with van der Waals surface area (Å²) in [6.07, 6.45) is 0. The van der Waals surface area contributed by atoms with Crippen LogP contribution in [-0.2, 0) is 11.3 Å². The van der Waals surface area contributed by atoms with Gasteiger partial charge in [-0.2, -0.15) is 0 Å². The Kier molecular flexibility index (Phi) is 6.61. The molecule has 146 valence electrons. The second kappa shape index (κ2) is 9.14. The Balaban J connectivity index is 1.63. The SMILES string of the molecule is CCN(CC(=O)Nc1c(Cl)cccc1Cl)Cc1nnc(-c2ccc(F)cc2)o1. The molecule has 1 N–H and O–H groups in total. The van der Waals surface area contributed by atoms with E-state index in [9.17, 15) is 9.18 Å². The number of nitrogens with one attached hydrogen (secondary N) is 1. The highest BCUT2D eigenvalue weighted by molar-refractivity contribution is 6.39. The minimum Gasteiger partial charge on any atom is -0.419 e. The van der Waals surface area contributed by atoms with Gasteiger partial charge in [0, 0.05) is 5.56 Å². The van der Waals surface area contributed by atoms with Crippen LogP contribution in [-0.4, -0.2) is 34.1 Å². The number of hydrogen-bond acceptors (Lipinski definition) is 5. The van der Waals surface area contributed by atoms with Crippen LogP contribution in [0.2, 0.25) is 10.0 Å². The first-order chi connectivity index (χ1) is 13.5. The van der Waals surface area contributed by atoms with Gasteiger partial charge < -0.3 is 9.73 Å². The zero-order valence-corrected chi connectivity index (χ0v) is 16.5. The van der Waals surface area contributed by atoms with E-state index in [1.165, 1.54) is 12.1 Å². The molecule has 6 nitrogen and oxygen atoms in total. The fourth-order valence-corrected chi connectivity index (χ4v) is 2.99. The molecule has 0 aliphatic rings. The molecule has 0 radical (unpaired) electrons. The van der Waals surface area contributed by atoms with E-state index in [1.807, 2.05) is 11.8 Å². The van der Waals surface area contributed by atoms with Crippen molar-refractivity contribution in [3.8, 4) is 11.5 Å². The van der Waals surface area contributed by atoms with Crippen molar-refractivity contribution in [3.63, 3.8) is 0 Å². The lowest BCUT2D eigenvalue weighted by atomic mass is 10.2. The maximum Gasteiger partial charge on any atom is 0.247 e. The van der Waals surface area contributed by atoms with Gasteiger partial charge in [-0.25, -0.2) is 4.39 Å². The highest BCUT2D eigenvalue weighted by Gasteiger charge is 2.16. The number of benzene rings is 2. The highest BCUT2D eigenvalue weighted by Crippen LogP contribution is 2.29. The Morgan fingerprint density at radius 3 is 2.46 bits per heavy atom. The van der Waals surface area contributed by atoms with Gasteiger partial charge in [0.05, 0.1) is 28.8 Å². The predicted molar refractivity (Wildman–Crippen MR) is 106 cm³/mol. The number of carbonyl (C=O) groups is 1. The first kappa shape index (κ1) is 20.3. The molecule has 28 heavy (non-hydrogen) atoms. The number of amides is 1. The third-order valence-corrected chi connectivity index (χ3v) is 4.59. The van der Waals surface area contributed by atoms with Gasteiger partial charge in [-0.1, -0.05) is 36.2 Å². The molecule has 0 saturated carbocycles.